The molecule has 5 nitrogen and oxygen atoms in total. The van der Waals surface area contributed by atoms with Crippen molar-refractivity contribution in [1.29, 1.82) is 0 Å². The number of rotatable bonds is 3. The van der Waals surface area contributed by atoms with E-state index in [0.29, 0.717) is 23.0 Å². The van der Waals surface area contributed by atoms with Crippen molar-refractivity contribution < 1.29 is 14.4 Å². The number of phenolic OH excluding ortho intramolecular Hbond substituents is 1. The number of benzene rings is 1. The van der Waals surface area contributed by atoms with Crippen molar-refractivity contribution in [3.63, 3.8) is 0 Å². The van der Waals surface area contributed by atoms with E-state index in [2.05, 4.69) is 26.1 Å². The minimum atomic E-state index is 0.0678. The highest BCUT2D eigenvalue weighted by Crippen LogP contribution is 2.33. The third kappa shape index (κ3) is 2.41. The molecule has 7 heteroatoms. The van der Waals surface area contributed by atoms with Crippen LogP contribution < -0.4 is 4.74 Å². The summed E-state index contributed by atoms with van der Waals surface area (Å²) in [5.41, 5.74) is 0.689. The van der Waals surface area contributed by atoms with Crippen LogP contribution in [0.3, 0.4) is 0 Å². The van der Waals surface area contributed by atoms with Gasteiger partial charge in [0.25, 0.3) is 5.89 Å². The van der Waals surface area contributed by atoms with Gasteiger partial charge in [0.1, 0.15) is 0 Å². The largest absolute Gasteiger partial charge is 0.504 e. The fourth-order valence-electron chi connectivity index (χ4n) is 1.68. The Morgan fingerprint density at radius 1 is 1.35 bits per heavy atom. The quantitative estimate of drug-likeness (QED) is 0.772. The van der Waals surface area contributed by atoms with Gasteiger partial charge in [-0.15, -0.1) is 11.3 Å². The number of phenols is 1. The Morgan fingerprint density at radius 3 is 2.90 bits per heavy atom. The fraction of sp³-hybridized carbons (Fsp3) is 0.0769. The van der Waals surface area contributed by atoms with Gasteiger partial charge in [-0.25, -0.2) is 0 Å². The number of aromatic hydroxyl groups is 1. The van der Waals surface area contributed by atoms with Crippen molar-refractivity contribution in [3.05, 3.63) is 34.1 Å². The molecule has 3 rings (SSSR count). The Hall–Kier alpha value is -1.86. The van der Waals surface area contributed by atoms with Crippen LogP contribution in [-0.2, 0) is 0 Å². The first-order valence-corrected chi connectivity index (χ1v) is 7.30. The maximum atomic E-state index is 9.57. The molecule has 0 radical (unpaired) electrons. The van der Waals surface area contributed by atoms with E-state index < -0.39 is 0 Å². The molecule has 1 aromatic carbocycles. The van der Waals surface area contributed by atoms with Crippen molar-refractivity contribution in [3.8, 4) is 33.7 Å². The molecule has 20 heavy (non-hydrogen) atoms. The van der Waals surface area contributed by atoms with Gasteiger partial charge in [0.2, 0.25) is 5.82 Å². The standard InChI is InChI=1S/C13H9BrN2O3S/c1-18-10-4-7(2-3-9(10)17)13-15-12(16-19-13)11-5-8(14)6-20-11/h2-6,17H,1H3. The van der Waals surface area contributed by atoms with Gasteiger partial charge in [-0.2, -0.15) is 4.98 Å². The summed E-state index contributed by atoms with van der Waals surface area (Å²) in [5.74, 6) is 1.34. The lowest BCUT2D eigenvalue weighted by molar-refractivity contribution is 0.373. The molecular formula is C13H9BrN2O3S. The zero-order valence-corrected chi connectivity index (χ0v) is 12.7. The number of methoxy groups -OCH3 is 1. The van der Waals surface area contributed by atoms with Gasteiger partial charge in [-0.3, -0.25) is 0 Å². The van der Waals surface area contributed by atoms with E-state index in [1.54, 1.807) is 12.1 Å². The van der Waals surface area contributed by atoms with Crippen molar-refractivity contribution >= 4 is 27.3 Å². The van der Waals surface area contributed by atoms with Crippen LogP contribution in [0.1, 0.15) is 0 Å². The van der Waals surface area contributed by atoms with E-state index in [-0.39, 0.29) is 5.75 Å². The van der Waals surface area contributed by atoms with Crippen molar-refractivity contribution in [2.24, 2.45) is 0 Å². The Balaban J connectivity index is 1.97. The lowest BCUT2D eigenvalue weighted by Crippen LogP contribution is -1.85. The second kappa shape index (κ2) is 5.26. The minimum absolute atomic E-state index is 0.0678. The summed E-state index contributed by atoms with van der Waals surface area (Å²) in [6, 6.07) is 6.80. The van der Waals surface area contributed by atoms with Gasteiger partial charge in [-0.05, 0) is 40.2 Å². The number of hydrogen-bond donors (Lipinski definition) is 1. The van der Waals surface area contributed by atoms with E-state index in [4.69, 9.17) is 9.26 Å². The molecule has 0 spiro atoms. The second-order valence-electron chi connectivity index (χ2n) is 3.94. The molecule has 102 valence electrons. The van der Waals surface area contributed by atoms with Crippen molar-refractivity contribution in [1.82, 2.24) is 10.1 Å². The second-order valence-corrected chi connectivity index (χ2v) is 5.77. The molecule has 0 amide bonds. The highest BCUT2D eigenvalue weighted by Gasteiger charge is 2.14. The van der Waals surface area contributed by atoms with Crippen LogP contribution >= 0.6 is 27.3 Å². The number of hydrogen-bond acceptors (Lipinski definition) is 6. The predicted molar refractivity (Wildman–Crippen MR) is 79.0 cm³/mol. The molecule has 3 aromatic rings. The van der Waals surface area contributed by atoms with E-state index >= 15 is 0 Å². The molecule has 1 N–H and O–H groups in total. The smallest absolute Gasteiger partial charge is 0.258 e. The van der Waals surface area contributed by atoms with Gasteiger partial charge in [0.15, 0.2) is 11.5 Å². The Kier molecular flexibility index (Phi) is 3.45. The lowest BCUT2D eigenvalue weighted by atomic mass is 10.2. The van der Waals surface area contributed by atoms with Gasteiger partial charge in [-0.1, -0.05) is 5.16 Å². The molecule has 0 aliphatic heterocycles. The molecule has 0 saturated carbocycles. The predicted octanol–water partition coefficient (Wildman–Crippen LogP) is 3.94. The average molecular weight is 353 g/mol. The maximum absolute atomic E-state index is 9.57. The molecule has 0 aliphatic rings. The lowest BCUT2D eigenvalue weighted by Gasteiger charge is -2.03. The molecule has 0 aliphatic carbocycles. The van der Waals surface area contributed by atoms with E-state index in [1.807, 2.05) is 11.4 Å². The van der Waals surface area contributed by atoms with E-state index in [9.17, 15) is 5.11 Å². The van der Waals surface area contributed by atoms with Gasteiger partial charge >= 0.3 is 0 Å². The van der Waals surface area contributed by atoms with Crippen LogP contribution in [0, 0.1) is 0 Å². The molecule has 0 bridgehead atoms. The van der Waals surface area contributed by atoms with Gasteiger partial charge in [0, 0.05) is 15.4 Å². The molecule has 2 heterocycles. The SMILES string of the molecule is COc1cc(-c2nc(-c3cc(Br)cs3)no2)ccc1O. The Morgan fingerprint density at radius 2 is 2.20 bits per heavy atom. The van der Waals surface area contributed by atoms with Crippen LogP contribution in [0.5, 0.6) is 11.5 Å². The van der Waals surface area contributed by atoms with Gasteiger partial charge < -0.3 is 14.4 Å². The summed E-state index contributed by atoms with van der Waals surface area (Å²) in [7, 11) is 1.49. The topological polar surface area (TPSA) is 68.4 Å². The fourth-order valence-corrected chi connectivity index (χ4v) is 3.03. The van der Waals surface area contributed by atoms with Crippen LogP contribution in [0.25, 0.3) is 22.2 Å². The van der Waals surface area contributed by atoms with E-state index in [1.165, 1.54) is 24.5 Å². The summed E-state index contributed by atoms with van der Waals surface area (Å²) < 4.78 is 11.3. The van der Waals surface area contributed by atoms with Crippen LogP contribution in [0.15, 0.2) is 38.6 Å². The summed E-state index contributed by atoms with van der Waals surface area (Å²) in [4.78, 5) is 5.26. The normalized spacial score (nSPS) is 10.7. The van der Waals surface area contributed by atoms with Gasteiger partial charge in [0.05, 0.1) is 12.0 Å². The third-order valence-electron chi connectivity index (χ3n) is 2.64. The Bertz CT molecular complexity index is 754. The first-order chi connectivity index (χ1) is 9.67. The molecule has 2 aromatic heterocycles. The molecule has 0 fully saturated rings. The first-order valence-electron chi connectivity index (χ1n) is 5.63. The number of aromatic nitrogens is 2. The number of nitrogens with zero attached hydrogens (tertiary/aromatic N) is 2. The monoisotopic (exact) mass is 352 g/mol. The summed E-state index contributed by atoms with van der Waals surface area (Å²) in [6.45, 7) is 0. The first kappa shape index (κ1) is 13.1. The highest BCUT2D eigenvalue weighted by atomic mass is 79.9. The van der Waals surface area contributed by atoms with Crippen LogP contribution in [0.4, 0.5) is 0 Å². The average Bonchev–Trinajstić information content (AvgIpc) is 3.08. The zero-order chi connectivity index (χ0) is 14.1. The molecule has 0 saturated heterocycles. The van der Waals surface area contributed by atoms with Crippen LogP contribution in [0.2, 0.25) is 0 Å². The van der Waals surface area contributed by atoms with E-state index in [0.717, 1.165) is 9.35 Å². The summed E-state index contributed by atoms with van der Waals surface area (Å²) >= 11 is 4.91. The molecule has 0 atom stereocenters. The Labute approximate surface area is 127 Å². The minimum Gasteiger partial charge on any atom is -0.504 e. The number of thiophene rings is 1. The summed E-state index contributed by atoms with van der Waals surface area (Å²) in [6.07, 6.45) is 0. The zero-order valence-electron chi connectivity index (χ0n) is 10.3. The number of halogens is 1. The highest BCUT2D eigenvalue weighted by molar-refractivity contribution is 9.10. The third-order valence-corrected chi connectivity index (χ3v) is 4.33. The van der Waals surface area contributed by atoms with Crippen molar-refractivity contribution in [2.75, 3.05) is 7.11 Å². The summed E-state index contributed by atoms with van der Waals surface area (Å²) in [5, 5.41) is 15.5. The maximum Gasteiger partial charge on any atom is 0.258 e. The van der Waals surface area contributed by atoms with Crippen molar-refractivity contribution in [2.45, 2.75) is 0 Å². The molecular weight excluding hydrogens is 344 g/mol. The molecule has 0 unspecified atom stereocenters. The number of ether oxygens (including phenoxy) is 1. The van der Waals surface area contributed by atoms with Crippen LogP contribution in [-0.4, -0.2) is 22.4 Å².